The van der Waals surface area contributed by atoms with Crippen LogP contribution in [-0.4, -0.2) is 16.8 Å². The van der Waals surface area contributed by atoms with Crippen LogP contribution in [0.2, 0.25) is 0 Å². The molecule has 106 valence electrons. The van der Waals surface area contributed by atoms with Crippen molar-refractivity contribution in [3.05, 3.63) is 46.3 Å². The van der Waals surface area contributed by atoms with E-state index in [0.717, 1.165) is 10.1 Å². The van der Waals surface area contributed by atoms with E-state index in [1.54, 1.807) is 5.38 Å². The number of carbonyl (C=O) groups excluding carboxylic acids is 2. The molecule has 0 radical (unpaired) electrons. The van der Waals surface area contributed by atoms with Crippen LogP contribution < -0.4 is 11.1 Å². The van der Waals surface area contributed by atoms with E-state index in [2.05, 4.69) is 10.3 Å². The number of nitrogens with zero attached hydrogens (tertiary/aromatic N) is 1. The standard InChI is InChI=1S/C14H11N3O2S2/c15-12(18)5-8-6-21-14(16-8)17-13(19)10-7-20-11-4-2-1-3-9(10)11/h1-4,6-7H,5H2,(H2,15,18)(H,16,17,19). The van der Waals surface area contributed by atoms with Crippen LogP contribution in [0.3, 0.4) is 0 Å². The summed E-state index contributed by atoms with van der Waals surface area (Å²) < 4.78 is 1.07. The monoisotopic (exact) mass is 317 g/mol. The zero-order chi connectivity index (χ0) is 14.8. The van der Waals surface area contributed by atoms with E-state index in [1.165, 1.54) is 22.7 Å². The average molecular weight is 317 g/mol. The van der Waals surface area contributed by atoms with Crippen molar-refractivity contribution in [3.8, 4) is 0 Å². The Labute approximate surface area is 128 Å². The second-order valence-corrected chi connectivity index (χ2v) is 6.16. The highest BCUT2D eigenvalue weighted by Crippen LogP contribution is 2.26. The molecule has 0 aliphatic carbocycles. The molecule has 0 saturated carbocycles. The molecular formula is C14H11N3O2S2. The molecule has 0 atom stereocenters. The van der Waals surface area contributed by atoms with Gasteiger partial charge in [0.05, 0.1) is 17.7 Å². The number of amides is 2. The number of nitrogens with one attached hydrogen (secondary N) is 1. The fourth-order valence-electron chi connectivity index (χ4n) is 1.94. The molecule has 5 nitrogen and oxygen atoms in total. The Morgan fingerprint density at radius 1 is 1.19 bits per heavy atom. The lowest BCUT2D eigenvalue weighted by molar-refractivity contribution is -0.117. The Hall–Kier alpha value is -2.25. The van der Waals surface area contributed by atoms with Gasteiger partial charge in [0, 0.05) is 20.8 Å². The normalized spacial score (nSPS) is 10.7. The van der Waals surface area contributed by atoms with Crippen LogP contribution in [0.4, 0.5) is 5.13 Å². The van der Waals surface area contributed by atoms with Gasteiger partial charge in [0.25, 0.3) is 5.91 Å². The lowest BCUT2D eigenvalue weighted by Gasteiger charge is -2.00. The molecule has 2 aromatic heterocycles. The smallest absolute Gasteiger partial charge is 0.258 e. The van der Waals surface area contributed by atoms with Gasteiger partial charge in [-0.05, 0) is 6.07 Å². The molecular weight excluding hydrogens is 306 g/mol. The number of thiazole rings is 1. The maximum Gasteiger partial charge on any atom is 0.258 e. The van der Waals surface area contributed by atoms with Crippen molar-refractivity contribution < 1.29 is 9.59 Å². The van der Waals surface area contributed by atoms with Gasteiger partial charge in [0.1, 0.15) is 0 Å². The average Bonchev–Trinajstić information content (AvgIpc) is 3.04. The molecule has 21 heavy (non-hydrogen) atoms. The zero-order valence-corrected chi connectivity index (χ0v) is 12.5. The van der Waals surface area contributed by atoms with E-state index >= 15 is 0 Å². The molecule has 0 aliphatic rings. The first-order chi connectivity index (χ1) is 10.1. The molecule has 0 unspecified atom stereocenters. The maximum absolute atomic E-state index is 12.3. The molecule has 0 fully saturated rings. The van der Waals surface area contributed by atoms with Crippen molar-refractivity contribution in [3.63, 3.8) is 0 Å². The number of hydrogen-bond acceptors (Lipinski definition) is 5. The van der Waals surface area contributed by atoms with Crippen LogP contribution in [-0.2, 0) is 11.2 Å². The fraction of sp³-hybridized carbons (Fsp3) is 0.0714. The van der Waals surface area contributed by atoms with Crippen molar-refractivity contribution >= 4 is 49.7 Å². The predicted octanol–water partition coefficient (Wildman–Crippen LogP) is 2.64. The van der Waals surface area contributed by atoms with E-state index in [0.29, 0.717) is 16.4 Å². The van der Waals surface area contributed by atoms with Crippen LogP contribution in [0.15, 0.2) is 35.0 Å². The van der Waals surface area contributed by atoms with Crippen LogP contribution >= 0.6 is 22.7 Å². The Morgan fingerprint density at radius 2 is 2.00 bits per heavy atom. The Bertz CT molecular complexity index is 822. The summed E-state index contributed by atoms with van der Waals surface area (Å²) in [5, 5.41) is 7.69. The third-order valence-electron chi connectivity index (χ3n) is 2.85. The molecule has 3 rings (SSSR count). The van der Waals surface area contributed by atoms with Crippen molar-refractivity contribution in [2.75, 3.05) is 5.32 Å². The number of aromatic nitrogens is 1. The van der Waals surface area contributed by atoms with Gasteiger partial charge in [-0.1, -0.05) is 18.2 Å². The summed E-state index contributed by atoms with van der Waals surface area (Å²) in [5.74, 6) is -0.644. The highest BCUT2D eigenvalue weighted by atomic mass is 32.1. The van der Waals surface area contributed by atoms with E-state index < -0.39 is 5.91 Å². The number of hydrogen-bond donors (Lipinski definition) is 2. The predicted molar refractivity (Wildman–Crippen MR) is 84.8 cm³/mol. The first kappa shape index (κ1) is 13.7. The molecule has 0 saturated heterocycles. The minimum absolute atomic E-state index is 0.0771. The minimum atomic E-state index is -0.443. The van der Waals surface area contributed by atoms with E-state index in [9.17, 15) is 9.59 Å². The number of carbonyl (C=O) groups is 2. The third kappa shape index (κ3) is 2.93. The maximum atomic E-state index is 12.3. The highest BCUT2D eigenvalue weighted by molar-refractivity contribution is 7.17. The zero-order valence-electron chi connectivity index (χ0n) is 10.8. The van der Waals surface area contributed by atoms with Gasteiger partial charge in [-0.2, -0.15) is 0 Å². The van der Waals surface area contributed by atoms with Gasteiger partial charge in [-0.15, -0.1) is 22.7 Å². The van der Waals surface area contributed by atoms with Crippen LogP contribution in [0, 0.1) is 0 Å². The van der Waals surface area contributed by atoms with Crippen molar-refractivity contribution in [1.29, 1.82) is 0 Å². The summed E-state index contributed by atoms with van der Waals surface area (Å²) in [6, 6.07) is 7.74. The highest BCUT2D eigenvalue weighted by Gasteiger charge is 2.14. The van der Waals surface area contributed by atoms with Gasteiger partial charge in [-0.25, -0.2) is 4.98 Å². The van der Waals surface area contributed by atoms with Crippen LogP contribution in [0.25, 0.3) is 10.1 Å². The molecule has 2 heterocycles. The number of benzene rings is 1. The largest absolute Gasteiger partial charge is 0.369 e. The molecule has 3 N–H and O–H groups in total. The quantitative estimate of drug-likeness (QED) is 0.775. The molecule has 1 aromatic carbocycles. The summed E-state index contributed by atoms with van der Waals surface area (Å²) in [7, 11) is 0. The summed E-state index contributed by atoms with van der Waals surface area (Å²) in [6.45, 7) is 0. The van der Waals surface area contributed by atoms with E-state index in [-0.39, 0.29) is 12.3 Å². The lowest BCUT2D eigenvalue weighted by atomic mass is 10.2. The number of anilines is 1. The number of nitrogens with two attached hydrogens (primary N) is 1. The molecule has 3 aromatic rings. The van der Waals surface area contributed by atoms with Crippen LogP contribution in [0.5, 0.6) is 0 Å². The molecule has 7 heteroatoms. The van der Waals surface area contributed by atoms with Crippen molar-refractivity contribution in [1.82, 2.24) is 4.98 Å². The summed E-state index contributed by atoms with van der Waals surface area (Å²) in [6.07, 6.45) is 0.0771. The summed E-state index contributed by atoms with van der Waals surface area (Å²) in [5.41, 5.74) is 6.31. The lowest BCUT2D eigenvalue weighted by Crippen LogP contribution is -2.14. The molecule has 0 spiro atoms. The summed E-state index contributed by atoms with van der Waals surface area (Å²) in [4.78, 5) is 27.3. The third-order valence-corrected chi connectivity index (χ3v) is 4.62. The second kappa shape index (κ2) is 5.63. The molecule has 0 aliphatic heterocycles. The van der Waals surface area contributed by atoms with Gasteiger partial charge in [0.2, 0.25) is 5.91 Å². The molecule has 2 amide bonds. The van der Waals surface area contributed by atoms with Gasteiger partial charge >= 0.3 is 0 Å². The number of primary amides is 1. The Balaban J connectivity index is 1.80. The van der Waals surface area contributed by atoms with Crippen molar-refractivity contribution in [2.24, 2.45) is 5.73 Å². The van der Waals surface area contributed by atoms with Gasteiger partial charge < -0.3 is 5.73 Å². The summed E-state index contributed by atoms with van der Waals surface area (Å²) >= 11 is 2.80. The van der Waals surface area contributed by atoms with Gasteiger partial charge in [0.15, 0.2) is 5.13 Å². The minimum Gasteiger partial charge on any atom is -0.369 e. The Morgan fingerprint density at radius 3 is 2.81 bits per heavy atom. The number of fused-ring (bicyclic) bond motifs is 1. The van der Waals surface area contributed by atoms with E-state index in [1.807, 2.05) is 29.6 Å². The first-order valence-electron chi connectivity index (χ1n) is 6.14. The Kier molecular flexibility index (Phi) is 3.68. The second-order valence-electron chi connectivity index (χ2n) is 4.39. The first-order valence-corrected chi connectivity index (χ1v) is 7.89. The topological polar surface area (TPSA) is 85.1 Å². The SMILES string of the molecule is NC(=O)Cc1csc(NC(=O)c2csc3ccccc23)n1. The molecule has 0 bridgehead atoms. The fourth-order valence-corrected chi connectivity index (χ4v) is 3.59. The van der Waals surface area contributed by atoms with Crippen LogP contribution in [0.1, 0.15) is 16.1 Å². The van der Waals surface area contributed by atoms with E-state index in [4.69, 9.17) is 5.73 Å². The number of thiophene rings is 1. The number of rotatable bonds is 4. The van der Waals surface area contributed by atoms with Crippen molar-refractivity contribution in [2.45, 2.75) is 6.42 Å². The van der Waals surface area contributed by atoms with Gasteiger partial charge in [-0.3, -0.25) is 14.9 Å².